The molecule has 0 bridgehead atoms. The van der Waals surface area contributed by atoms with Gasteiger partial charge in [-0.2, -0.15) is 0 Å². The topological polar surface area (TPSA) is 42.0 Å². The van der Waals surface area contributed by atoms with Gasteiger partial charge in [-0.1, -0.05) is 38.1 Å². The molecule has 2 rings (SSSR count). The summed E-state index contributed by atoms with van der Waals surface area (Å²) in [6.45, 7) is 6.32. The Bertz CT molecular complexity index is 603. The van der Waals surface area contributed by atoms with E-state index >= 15 is 0 Å². The van der Waals surface area contributed by atoms with Crippen LogP contribution in [0.3, 0.4) is 0 Å². The van der Waals surface area contributed by atoms with Crippen molar-refractivity contribution in [2.45, 2.75) is 33.6 Å². The second-order valence-electron chi connectivity index (χ2n) is 5.83. The van der Waals surface area contributed by atoms with Gasteiger partial charge in [0.05, 0.1) is 6.42 Å². The first-order valence-corrected chi connectivity index (χ1v) is 7.33. The van der Waals surface area contributed by atoms with Crippen molar-refractivity contribution < 1.29 is 4.79 Å². The van der Waals surface area contributed by atoms with Gasteiger partial charge < -0.3 is 5.32 Å². The molecule has 0 aliphatic heterocycles. The van der Waals surface area contributed by atoms with Gasteiger partial charge in [0.25, 0.3) is 0 Å². The van der Waals surface area contributed by atoms with E-state index in [1.807, 2.05) is 25.1 Å². The summed E-state index contributed by atoms with van der Waals surface area (Å²) in [6, 6.07) is 12.0. The van der Waals surface area contributed by atoms with E-state index in [0.717, 1.165) is 23.4 Å². The van der Waals surface area contributed by atoms with Crippen LogP contribution in [0.25, 0.3) is 0 Å². The zero-order chi connectivity index (χ0) is 15.2. The molecule has 0 aliphatic rings. The summed E-state index contributed by atoms with van der Waals surface area (Å²) in [4.78, 5) is 16.1. The number of hydrogen-bond donors (Lipinski definition) is 1. The lowest BCUT2D eigenvalue weighted by molar-refractivity contribution is -0.115. The first-order valence-electron chi connectivity index (χ1n) is 7.33. The summed E-state index contributed by atoms with van der Waals surface area (Å²) in [5.74, 6) is 0.645. The van der Waals surface area contributed by atoms with Gasteiger partial charge in [-0.25, -0.2) is 0 Å². The van der Waals surface area contributed by atoms with E-state index in [2.05, 4.69) is 36.3 Å². The molecule has 0 aliphatic carbocycles. The Kier molecular flexibility index (Phi) is 5.09. The number of anilines is 1. The zero-order valence-electron chi connectivity index (χ0n) is 12.9. The molecular formula is C18H22N2O. The number of aromatic nitrogens is 1. The first kappa shape index (κ1) is 15.2. The standard InChI is InChI=1S/C18H22N2O/c1-13(2)10-15-4-6-16(7-5-15)12-18(21)20-17-8-9-19-14(3)11-17/h4-9,11,13H,10,12H2,1-3H3,(H,19,20,21). The molecule has 21 heavy (non-hydrogen) atoms. The number of nitrogens with zero attached hydrogens (tertiary/aromatic N) is 1. The van der Waals surface area contributed by atoms with E-state index < -0.39 is 0 Å². The Labute approximate surface area is 126 Å². The first-order chi connectivity index (χ1) is 10.0. The summed E-state index contributed by atoms with van der Waals surface area (Å²) >= 11 is 0. The van der Waals surface area contributed by atoms with E-state index in [-0.39, 0.29) is 5.91 Å². The Morgan fingerprint density at radius 2 is 1.81 bits per heavy atom. The second kappa shape index (κ2) is 7.02. The van der Waals surface area contributed by atoms with Crippen LogP contribution in [0, 0.1) is 12.8 Å². The lowest BCUT2D eigenvalue weighted by atomic mass is 10.0. The third-order valence-electron chi connectivity index (χ3n) is 3.21. The quantitative estimate of drug-likeness (QED) is 0.907. The molecule has 0 unspecified atom stereocenters. The fourth-order valence-electron chi connectivity index (χ4n) is 2.28. The second-order valence-corrected chi connectivity index (χ2v) is 5.83. The Balaban J connectivity index is 1.93. The van der Waals surface area contributed by atoms with Gasteiger partial charge in [-0.05, 0) is 42.5 Å². The average Bonchev–Trinajstić information content (AvgIpc) is 2.40. The predicted octanol–water partition coefficient (Wildman–Crippen LogP) is 3.77. The molecule has 0 fully saturated rings. The number of aryl methyl sites for hydroxylation is 1. The molecule has 110 valence electrons. The fraction of sp³-hybridized carbons (Fsp3) is 0.333. The summed E-state index contributed by atoms with van der Waals surface area (Å²) in [7, 11) is 0. The Hall–Kier alpha value is -2.16. The Morgan fingerprint density at radius 3 is 2.43 bits per heavy atom. The van der Waals surface area contributed by atoms with Gasteiger partial charge in [-0.3, -0.25) is 9.78 Å². The molecule has 0 spiro atoms. The lowest BCUT2D eigenvalue weighted by Gasteiger charge is -2.08. The highest BCUT2D eigenvalue weighted by Crippen LogP contribution is 2.12. The highest BCUT2D eigenvalue weighted by atomic mass is 16.1. The van der Waals surface area contributed by atoms with Crippen molar-refractivity contribution in [2.75, 3.05) is 5.32 Å². The molecule has 0 saturated heterocycles. The predicted molar refractivity (Wildman–Crippen MR) is 86.3 cm³/mol. The Morgan fingerprint density at radius 1 is 1.14 bits per heavy atom. The average molecular weight is 282 g/mol. The van der Waals surface area contributed by atoms with Crippen molar-refractivity contribution in [1.82, 2.24) is 4.98 Å². The molecule has 3 nitrogen and oxygen atoms in total. The van der Waals surface area contributed by atoms with Gasteiger partial charge in [0.2, 0.25) is 5.91 Å². The summed E-state index contributed by atoms with van der Waals surface area (Å²) in [6.07, 6.45) is 3.16. The number of carbonyl (C=O) groups is 1. The minimum atomic E-state index is -0.00258. The third kappa shape index (κ3) is 5.03. The van der Waals surface area contributed by atoms with Crippen LogP contribution in [0.4, 0.5) is 5.69 Å². The number of pyridine rings is 1. The van der Waals surface area contributed by atoms with Gasteiger partial charge in [0, 0.05) is 17.6 Å². The van der Waals surface area contributed by atoms with Crippen molar-refractivity contribution in [3.63, 3.8) is 0 Å². The maximum atomic E-state index is 12.0. The number of amides is 1. The number of nitrogens with one attached hydrogen (secondary N) is 1. The lowest BCUT2D eigenvalue weighted by Crippen LogP contribution is -2.14. The highest BCUT2D eigenvalue weighted by molar-refractivity contribution is 5.92. The molecule has 1 amide bonds. The fourth-order valence-corrected chi connectivity index (χ4v) is 2.28. The summed E-state index contributed by atoms with van der Waals surface area (Å²) in [5.41, 5.74) is 4.04. The zero-order valence-corrected chi connectivity index (χ0v) is 12.9. The maximum absolute atomic E-state index is 12.0. The number of rotatable bonds is 5. The molecule has 1 aromatic heterocycles. The molecule has 0 radical (unpaired) electrons. The SMILES string of the molecule is Cc1cc(NC(=O)Cc2ccc(CC(C)C)cc2)ccn1. The normalized spacial score (nSPS) is 10.7. The molecule has 0 atom stereocenters. The van der Waals surface area contributed by atoms with Crippen LogP contribution >= 0.6 is 0 Å². The number of hydrogen-bond acceptors (Lipinski definition) is 2. The van der Waals surface area contributed by atoms with Crippen molar-refractivity contribution in [3.8, 4) is 0 Å². The van der Waals surface area contributed by atoms with Crippen molar-refractivity contribution in [1.29, 1.82) is 0 Å². The largest absolute Gasteiger partial charge is 0.326 e. The molecular weight excluding hydrogens is 260 g/mol. The monoisotopic (exact) mass is 282 g/mol. The van der Waals surface area contributed by atoms with Crippen LogP contribution in [0.15, 0.2) is 42.6 Å². The van der Waals surface area contributed by atoms with Crippen molar-refractivity contribution >= 4 is 11.6 Å². The van der Waals surface area contributed by atoms with Crippen molar-refractivity contribution in [3.05, 3.63) is 59.4 Å². The molecule has 1 aromatic carbocycles. The van der Waals surface area contributed by atoms with E-state index in [4.69, 9.17) is 0 Å². The smallest absolute Gasteiger partial charge is 0.228 e. The summed E-state index contributed by atoms with van der Waals surface area (Å²) < 4.78 is 0. The van der Waals surface area contributed by atoms with Gasteiger partial charge >= 0.3 is 0 Å². The minimum Gasteiger partial charge on any atom is -0.326 e. The minimum absolute atomic E-state index is 0.00258. The molecule has 1 N–H and O–H groups in total. The molecule has 3 heteroatoms. The van der Waals surface area contributed by atoms with Crippen LogP contribution in [0.5, 0.6) is 0 Å². The highest BCUT2D eigenvalue weighted by Gasteiger charge is 2.05. The van der Waals surface area contributed by atoms with Crippen molar-refractivity contribution in [2.24, 2.45) is 5.92 Å². The van der Waals surface area contributed by atoms with E-state index in [1.54, 1.807) is 12.3 Å². The number of benzene rings is 1. The van der Waals surface area contributed by atoms with E-state index in [0.29, 0.717) is 12.3 Å². The molecule has 1 heterocycles. The molecule has 2 aromatic rings. The van der Waals surface area contributed by atoms with Crippen LogP contribution in [0.2, 0.25) is 0 Å². The summed E-state index contributed by atoms with van der Waals surface area (Å²) in [5, 5.41) is 2.90. The van der Waals surface area contributed by atoms with E-state index in [1.165, 1.54) is 5.56 Å². The van der Waals surface area contributed by atoms with Crippen LogP contribution in [0.1, 0.15) is 30.7 Å². The van der Waals surface area contributed by atoms with Gasteiger partial charge in [-0.15, -0.1) is 0 Å². The van der Waals surface area contributed by atoms with Crippen LogP contribution < -0.4 is 5.32 Å². The molecule has 0 saturated carbocycles. The van der Waals surface area contributed by atoms with Gasteiger partial charge in [0.1, 0.15) is 0 Å². The van der Waals surface area contributed by atoms with E-state index in [9.17, 15) is 4.79 Å². The van der Waals surface area contributed by atoms with Crippen LogP contribution in [-0.2, 0) is 17.6 Å². The maximum Gasteiger partial charge on any atom is 0.228 e. The number of carbonyl (C=O) groups excluding carboxylic acids is 1. The van der Waals surface area contributed by atoms with Crippen LogP contribution in [-0.4, -0.2) is 10.9 Å². The third-order valence-corrected chi connectivity index (χ3v) is 3.21. The van der Waals surface area contributed by atoms with Gasteiger partial charge in [0.15, 0.2) is 0 Å².